The largest absolute Gasteiger partial charge is 0.479 e. The molecule has 12 heavy (non-hydrogen) atoms. The molecule has 0 aromatic rings. The molecule has 8 heteroatoms. The van der Waals surface area contributed by atoms with Crippen molar-refractivity contribution in [1.29, 1.82) is 0 Å². The second-order valence-electron chi connectivity index (χ2n) is 1.57. The topological polar surface area (TPSA) is 150 Å². The fourth-order valence-electron chi connectivity index (χ4n) is 0.270. The van der Waals surface area contributed by atoms with Crippen LogP contribution in [0.4, 0.5) is 0 Å². The number of hydrogen-bond donors (Lipinski definition) is 5. The molecular weight excluding hydrogens is 280 g/mol. The van der Waals surface area contributed by atoms with Gasteiger partial charge in [-0.15, -0.1) is 0 Å². The third-order valence-electron chi connectivity index (χ3n) is 0.805. The van der Waals surface area contributed by atoms with Gasteiger partial charge < -0.3 is 26.6 Å². The van der Waals surface area contributed by atoms with E-state index in [1.54, 1.807) is 0 Å². The summed E-state index contributed by atoms with van der Waals surface area (Å²) in [5, 5.41) is 32.5. The molecule has 7 N–H and O–H groups in total. The first-order valence-corrected chi connectivity index (χ1v) is 2.28. The average Bonchev–Trinajstić information content (AvgIpc) is 1.84. The van der Waals surface area contributed by atoms with E-state index >= 15 is 0 Å². The summed E-state index contributed by atoms with van der Waals surface area (Å²) >= 11 is 0. The Morgan fingerprint density at radius 1 is 0.917 bits per heavy atom. The van der Waals surface area contributed by atoms with E-state index in [1.807, 2.05) is 0 Å². The molecule has 0 fully saturated rings. The minimum absolute atomic E-state index is 0. The van der Waals surface area contributed by atoms with Gasteiger partial charge in [-0.1, -0.05) is 0 Å². The van der Waals surface area contributed by atoms with E-state index in [9.17, 15) is 9.59 Å². The van der Waals surface area contributed by atoms with Gasteiger partial charge in [-0.25, -0.2) is 9.59 Å². The third kappa shape index (κ3) is 5.31. The zero-order valence-corrected chi connectivity index (χ0v) is 8.47. The summed E-state index contributed by atoms with van der Waals surface area (Å²) in [5.41, 5.74) is 0. The van der Waals surface area contributed by atoms with Crippen molar-refractivity contribution in [3.8, 4) is 0 Å². The van der Waals surface area contributed by atoms with Gasteiger partial charge in [-0.05, 0) is 0 Å². The van der Waals surface area contributed by atoms with Crippen LogP contribution >= 0.6 is 0 Å². The van der Waals surface area contributed by atoms with Gasteiger partial charge in [0.05, 0.1) is 0 Å². The summed E-state index contributed by atoms with van der Waals surface area (Å²) in [6.45, 7) is 0. The molecule has 0 saturated carbocycles. The van der Waals surface area contributed by atoms with E-state index < -0.39 is 24.1 Å². The first kappa shape index (κ1) is 17.7. The Kier molecular flexibility index (Phi) is 10.7. The predicted octanol–water partition coefficient (Wildman–Crippen LogP) is -2.34. The monoisotopic (exact) mass is 288 g/mol. The van der Waals surface area contributed by atoms with Gasteiger partial charge in [0.1, 0.15) is 0 Å². The van der Waals surface area contributed by atoms with Crippen LogP contribution in [0.3, 0.4) is 0 Å². The number of carbonyl (C=O) groups is 2. The summed E-state index contributed by atoms with van der Waals surface area (Å²) in [6.07, 6.45) is -4.53. The molecule has 71 valence electrons. The Balaban J connectivity index is -0.000000405. The fraction of sp³-hybridized carbons (Fsp3) is 0.500. The molecule has 3 radical (unpaired) electrons. The van der Waals surface area contributed by atoms with Crippen molar-refractivity contribution in [1.82, 2.24) is 6.15 Å². The Morgan fingerprint density at radius 2 is 1.08 bits per heavy atom. The summed E-state index contributed by atoms with van der Waals surface area (Å²) in [5.74, 6) is -3.54. The van der Waals surface area contributed by atoms with Crippen molar-refractivity contribution < 1.29 is 30.0 Å². The maximum atomic E-state index is 9.77. The SMILES string of the molecule is N.O=C(O)C(O)C(O)C(=O)O.[Sb]. The normalized spacial score (nSPS) is 13.2. The van der Waals surface area contributed by atoms with Crippen LogP contribution in [-0.4, -0.2) is 69.0 Å². The molecule has 0 aliphatic heterocycles. The maximum Gasteiger partial charge on any atom is 0.335 e. The number of carboxylic acids is 2. The van der Waals surface area contributed by atoms with E-state index in [0.29, 0.717) is 0 Å². The maximum absolute atomic E-state index is 9.77. The van der Waals surface area contributed by atoms with Gasteiger partial charge in [-0.3, -0.25) is 0 Å². The van der Waals surface area contributed by atoms with Gasteiger partial charge in [0.2, 0.25) is 0 Å². The fourth-order valence-corrected chi connectivity index (χ4v) is 0.270. The van der Waals surface area contributed by atoms with Crippen molar-refractivity contribution in [2.24, 2.45) is 0 Å². The summed E-state index contributed by atoms with van der Waals surface area (Å²) in [4.78, 5) is 19.5. The molecular formula is C4H9NO6Sb. The zero-order chi connectivity index (χ0) is 8.31. The Hall–Kier alpha value is -0.362. The van der Waals surface area contributed by atoms with Gasteiger partial charge in [0.25, 0.3) is 0 Å². The summed E-state index contributed by atoms with van der Waals surface area (Å²) in [7, 11) is 0. The number of hydrogen-bond acceptors (Lipinski definition) is 5. The predicted molar refractivity (Wildman–Crippen MR) is 38.1 cm³/mol. The second-order valence-corrected chi connectivity index (χ2v) is 1.57. The molecule has 0 spiro atoms. The molecule has 2 atom stereocenters. The molecule has 2 unspecified atom stereocenters. The van der Waals surface area contributed by atoms with Gasteiger partial charge >= 0.3 is 11.9 Å². The number of aliphatic carboxylic acids is 2. The number of rotatable bonds is 3. The second kappa shape index (κ2) is 7.30. The van der Waals surface area contributed by atoms with Crippen LogP contribution < -0.4 is 6.15 Å². The smallest absolute Gasteiger partial charge is 0.335 e. The quantitative estimate of drug-likeness (QED) is 0.365. The molecule has 0 bridgehead atoms. The summed E-state index contributed by atoms with van der Waals surface area (Å²) < 4.78 is 0. The van der Waals surface area contributed by atoms with Crippen molar-refractivity contribution >= 4 is 36.4 Å². The average molecular weight is 289 g/mol. The van der Waals surface area contributed by atoms with Gasteiger partial charge in [0.15, 0.2) is 12.2 Å². The molecule has 0 amide bonds. The van der Waals surface area contributed by atoms with Crippen molar-refractivity contribution in [2.45, 2.75) is 12.2 Å². The van der Waals surface area contributed by atoms with Crippen LogP contribution in [0.25, 0.3) is 0 Å². The molecule has 0 heterocycles. The van der Waals surface area contributed by atoms with E-state index in [2.05, 4.69) is 0 Å². The summed E-state index contributed by atoms with van der Waals surface area (Å²) in [6, 6.07) is 0. The van der Waals surface area contributed by atoms with Crippen LogP contribution in [0.15, 0.2) is 0 Å². The van der Waals surface area contributed by atoms with Gasteiger partial charge in [0, 0.05) is 24.4 Å². The Morgan fingerprint density at radius 3 is 1.17 bits per heavy atom. The van der Waals surface area contributed by atoms with E-state index in [1.165, 1.54) is 0 Å². The van der Waals surface area contributed by atoms with Crippen LogP contribution in [0, 0.1) is 0 Å². The Labute approximate surface area is 85.0 Å². The number of aliphatic hydroxyl groups is 2. The first-order valence-electron chi connectivity index (χ1n) is 2.28. The molecule has 7 nitrogen and oxygen atoms in total. The van der Waals surface area contributed by atoms with Crippen LogP contribution in [0.2, 0.25) is 0 Å². The van der Waals surface area contributed by atoms with Crippen LogP contribution in [0.5, 0.6) is 0 Å². The third-order valence-corrected chi connectivity index (χ3v) is 0.805. The van der Waals surface area contributed by atoms with Crippen LogP contribution in [-0.2, 0) is 9.59 Å². The molecule has 0 aliphatic rings. The van der Waals surface area contributed by atoms with Crippen molar-refractivity contribution in [3.63, 3.8) is 0 Å². The molecule has 0 aliphatic carbocycles. The number of carboxylic acid groups (broad SMARTS) is 2. The van der Waals surface area contributed by atoms with E-state index in [4.69, 9.17) is 20.4 Å². The minimum Gasteiger partial charge on any atom is -0.479 e. The molecule has 0 aromatic carbocycles. The minimum atomic E-state index is -2.27. The van der Waals surface area contributed by atoms with Crippen LogP contribution in [0.1, 0.15) is 0 Å². The number of aliphatic hydroxyl groups excluding tert-OH is 2. The molecule has 0 rings (SSSR count). The van der Waals surface area contributed by atoms with E-state index in [0.717, 1.165) is 0 Å². The van der Waals surface area contributed by atoms with E-state index in [-0.39, 0.29) is 30.6 Å². The van der Waals surface area contributed by atoms with Crippen molar-refractivity contribution in [2.75, 3.05) is 0 Å². The molecule has 0 aromatic heterocycles. The Bertz CT molecular complexity index is 144. The molecule has 0 saturated heterocycles. The first-order chi connectivity index (χ1) is 4.46. The standard InChI is InChI=1S/C4H6O6.H3N.Sb/c5-1(3(7)8)2(6)4(9)10;;/h1-2,5-6H,(H,7,8)(H,9,10);1H3;. The van der Waals surface area contributed by atoms with Gasteiger partial charge in [-0.2, -0.15) is 0 Å². The zero-order valence-electron chi connectivity index (χ0n) is 5.91. The van der Waals surface area contributed by atoms with Crippen molar-refractivity contribution in [3.05, 3.63) is 0 Å².